The minimum atomic E-state index is -0.776. The van der Waals surface area contributed by atoms with E-state index in [4.69, 9.17) is 4.74 Å². The molecular weight excluding hydrogens is 384 g/mol. The molecule has 2 N–H and O–H groups in total. The van der Waals surface area contributed by atoms with Crippen LogP contribution in [-0.4, -0.2) is 45.6 Å². The minimum Gasteiger partial charge on any atom is -0.459 e. The maximum absolute atomic E-state index is 12.8. The van der Waals surface area contributed by atoms with Crippen LogP contribution in [0.4, 0.5) is 0 Å². The highest BCUT2D eigenvalue weighted by Crippen LogP contribution is 2.46. The van der Waals surface area contributed by atoms with Crippen LogP contribution in [0.25, 0.3) is 5.52 Å². The third-order valence-electron chi connectivity index (χ3n) is 6.88. The Morgan fingerprint density at radius 2 is 2.03 bits per heavy atom. The Morgan fingerprint density at radius 1 is 1.27 bits per heavy atom. The third-order valence-corrected chi connectivity index (χ3v) is 6.88. The van der Waals surface area contributed by atoms with E-state index in [1.54, 1.807) is 36.7 Å². The van der Waals surface area contributed by atoms with E-state index >= 15 is 0 Å². The second-order valence-corrected chi connectivity index (χ2v) is 9.44. The second-order valence-electron chi connectivity index (χ2n) is 9.44. The van der Waals surface area contributed by atoms with E-state index in [1.807, 2.05) is 12.3 Å². The molecule has 2 aliphatic rings. The average Bonchev–Trinajstić information content (AvgIpc) is 3.26. The molecule has 1 saturated heterocycles. The Kier molecular flexibility index (Phi) is 4.83. The van der Waals surface area contributed by atoms with Gasteiger partial charge in [0, 0.05) is 18.8 Å². The van der Waals surface area contributed by atoms with Crippen molar-refractivity contribution in [2.45, 2.75) is 52.2 Å². The van der Waals surface area contributed by atoms with Gasteiger partial charge in [-0.2, -0.15) is 5.10 Å². The van der Waals surface area contributed by atoms with E-state index in [9.17, 15) is 14.4 Å². The molecular formula is C22H28N4O4. The molecule has 0 radical (unpaired) electrons. The Labute approximate surface area is 175 Å². The SMILES string of the molecule is CC1(C)OC(=O)CC1C(=O)NCC1CC(NC(=O)c2cccn3nccc23)C1(C)C. The van der Waals surface area contributed by atoms with Gasteiger partial charge in [-0.25, -0.2) is 4.52 Å². The number of carbonyl (C=O) groups excluding carboxylic acids is 3. The van der Waals surface area contributed by atoms with Gasteiger partial charge in [0.05, 0.1) is 29.6 Å². The van der Waals surface area contributed by atoms with Crippen molar-refractivity contribution in [3.8, 4) is 0 Å². The zero-order valence-electron chi connectivity index (χ0n) is 17.8. The van der Waals surface area contributed by atoms with Gasteiger partial charge in [0.25, 0.3) is 5.91 Å². The molecule has 8 heteroatoms. The van der Waals surface area contributed by atoms with Crippen LogP contribution in [-0.2, 0) is 14.3 Å². The largest absolute Gasteiger partial charge is 0.459 e. The summed E-state index contributed by atoms with van der Waals surface area (Å²) in [5, 5.41) is 10.3. The first kappa shape index (κ1) is 20.4. The van der Waals surface area contributed by atoms with Crippen LogP contribution in [0.2, 0.25) is 0 Å². The van der Waals surface area contributed by atoms with Crippen molar-refractivity contribution in [2.75, 3.05) is 6.54 Å². The molecule has 2 amide bonds. The summed E-state index contributed by atoms with van der Waals surface area (Å²) in [4.78, 5) is 37.0. The van der Waals surface area contributed by atoms with Crippen LogP contribution in [0.15, 0.2) is 30.6 Å². The number of carbonyl (C=O) groups is 3. The van der Waals surface area contributed by atoms with Crippen LogP contribution in [0.5, 0.6) is 0 Å². The molecule has 3 unspecified atom stereocenters. The van der Waals surface area contributed by atoms with Crippen molar-refractivity contribution < 1.29 is 19.1 Å². The summed E-state index contributed by atoms with van der Waals surface area (Å²) in [6, 6.07) is 5.43. The summed E-state index contributed by atoms with van der Waals surface area (Å²) in [5.74, 6) is -0.842. The highest BCUT2D eigenvalue weighted by molar-refractivity contribution is 6.00. The van der Waals surface area contributed by atoms with Gasteiger partial charge < -0.3 is 15.4 Å². The summed E-state index contributed by atoms with van der Waals surface area (Å²) >= 11 is 0. The quantitative estimate of drug-likeness (QED) is 0.731. The number of esters is 1. The van der Waals surface area contributed by atoms with E-state index in [0.29, 0.717) is 12.1 Å². The number of hydrogen-bond acceptors (Lipinski definition) is 5. The summed E-state index contributed by atoms with van der Waals surface area (Å²) < 4.78 is 6.92. The van der Waals surface area contributed by atoms with Crippen LogP contribution in [0.1, 0.15) is 50.9 Å². The molecule has 2 aromatic rings. The predicted octanol–water partition coefficient (Wildman–Crippen LogP) is 1.94. The number of aromatic nitrogens is 2. The van der Waals surface area contributed by atoms with Crippen LogP contribution in [0.3, 0.4) is 0 Å². The van der Waals surface area contributed by atoms with Crippen molar-refractivity contribution in [3.05, 3.63) is 36.2 Å². The molecule has 0 aromatic carbocycles. The van der Waals surface area contributed by atoms with Crippen molar-refractivity contribution >= 4 is 23.3 Å². The molecule has 2 fully saturated rings. The van der Waals surface area contributed by atoms with E-state index < -0.39 is 11.5 Å². The van der Waals surface area contributed by atoms with Gasteiger partial charge in [0.15, 0.2) is 0 Å². The number of nitrogens with one attached hydrogen (secondary N) is 2. The lowest BCUT2D eigenvalue weighted by Crippen LogP contribution is -2.61. The topological polar surface area (TPSA) is 102 Å². The lowest BCUT2D eigenvalue weighted by atomic mass is 9.58. The average molecular weight is 412 g/mol. The van der Waals surface area contributed by atoms with Crippen molar-refractivity contribution in [1.29, 1.82) is 0 Å². The maximum Gasteiger partial charge on any atom is 0.307 e. The van der Waals surface area contributed by atoms with Crippen molar-refractivity contribution in [1.82, 2.24) is 20.2 Å². The van der Waals surface area contributed by atoms with Crippen LogP contribution < -0.4 is 10.6 Å². The maximum atomic E-state index is 12.8. The number of cyclic esters (lactones) is 1. The molecule has 1 aliphatic heterocycles. The molecule has 8 nitrogen and oxygen atoms in total. The fourth-order valence-electron chi connectivity index (χ4n) is 4.56. The molecule has 160 valence electrons. The lowest BCUT2D eigenvalue weighted by molar-refractivity contribution is -0.147. The van der Waals surface area contributed by atoms with Crippen LogP contribution >= 0.6 is 0 Å². The smallest absolute Gasteiger partial charge is 0.307 e. The van der Waals surface area contributed by atoms with Gasteiger partial charge in [-0.3, -0.25) is 14.4 Å². The molecule has 4 rings (SSSR count). The molecule has 3 atom stereocenters. The summed E-state index contributed by atoms with van der Waals surface area (Å²) in [6.07, 6.45) is 4.38. The Bertz CT molecular complexity index is 1010. The number of pyridine rings is 1. The van der Waals surface area contributed by atoms with Gasteiger partial charge in [0.2, 0.25) is 5.91 Å². The van der Waals surface area contributed by atoms with E-state index in [0.717, 1.165) is 11.9 Å². The Hall–Kier alpha value is -2.90. The number of fused-ring (bicyclic) bond motifs is 1. The van der Waals surface area contributed by atoms with Gasteiger partial charge in [-0.05, 0) is 49.8 Å². The summed E-state index contributed by atoms with van der Waals surface area (Å²) in [5.41, 5.74) is 0.426. The number of nitrogens with zero attached hydrogens (tertiary/aromatic N) is 2. The zero-order chi connectivity index (χ0) is 21.7. The number of ether oxygens (including phenoxy) is 1. The zero-order valence-corrected chi connectivity index (χ0v) is 17.8. The monoisotopic (exact) mass is 412 g/mol. The second kappa shape index (κ2) is 7.11. The third kappa shape index (κ3) is 3.44. The Morgan fingerprint density at radius 3 is 2.70 bits per heavy atom. The number of rotatable bonds is 5. The van der Waals surface area contributed by atoms with Gasteiger partial charge in [-0.1, -0.05) is 13.8 Å². The van der Waals surface area contributed by atoms with Gasteiger partial charge in [0.1, 0.15) is 5.60 Å². The van der Waals surface area contributed by atoms with E-state index in [2.05, 4.69) is 29.6 Å². The first-order valence-corrected chi connectivity index (χ1v) is 10.3. The molecule has 1 aliphatic carbocycles. The van der Waals surface area contributed by atoms with Crippen molar-refractivity contribution in [3.63, 3.8) is 0 Å². The number of amides is 2. The van der Waals surface area contributed by atoms with Gasteiger partial charge in [-0.15, -0.1) is 0 Å². The van der Waals surface area contributed by atoms with Crippen molar-refractivity contribution in [2.24, 2.45) is 17.3 Å². The highest BCUT2D eigenvalue weighted by Gasteiger charge is 2.50. The molecule has 0 spiro atoms. The standard InChI is InChI=1S/C22H28N4O4/c1-21(2)13(12-23-20(29)15-11-18(27)30-22(15,3)4)10-17(21)25-19(28)14-6-5-9-26-16(14)7-8-24-26/h5-9,13,15,17H,10-12H2,1-4H3,(H,23,29)(H,25,28). The lowest BCUT2D eigenvalue weighted by Gasteiger charge is -2.52. The molecule has 2 aromatic heterocycles. The van der Waals surface area contributed by atoms with Crippen LogP contribution in [0, 0.1) is 17.3 Å². The first-order chi connectivity index (χ1) is 14.1. The Balaban J connectivity index is 1.34. The highest BCUT2D eigenvalue weighted by atomic mass is 16.6. The van der Waals surface area contributed by atoms with E-state index in [-0.39, 0.29) is 41.6 Å². The molecule has 1 saturated carbocycles. The van der Waals surface area contributed by atoms with Gasteiger partial charge >= 0.3 is 5.97 Å². The first-order valence-electron chi connectivity index (χ1n) is 10.3. The number of hydrogen-bond donors (Lipinski definition) is 2. The molecule has 0 bridgehead atoms. The predicted molar refractivity (Wildman–Crippen MR) is 110 cm³/mol. The normalized spacial score (nSPS) is 26.7. The molecule has 30 heavy (non-hydrogen) atoms. The summed E-state index contributed by atoms with van der Waals surface area (Å²) in [6.45, 7) is 8.25. The fourth-order valence-corrected chi connectivity index (χ4v) is 4.56. The van der Waals surface area contributed by atoms with E-state index in [1.165, 1.54) is 0 Å². The fraction of sp³-hybridized carbons (Fsp3) is 0.545. The summed E-state index contributed by atoms with van der Waals surface area (Å²) in [7, 11) is 0. The minimum absolute atomic E-state index is 0.0166. The molecule has 3 heterocycles.